The van der Waals surface area contributed by atoms with Crippen LogP contribution in [-0.2, 0) is 14.4 Å². The monoisotopic (exact) mass is 596 g/mol. The number of nitrogens with two attached hydrogens (primary N) is 1. The van der Waals surface area contributed by atoms with Gasteiger partial charge in [-0.3, -0.25) is 14.4 Å². The normalized spacial score (nSPS) is 14.1. The summed E-state index contributed by atoms with van der Waals surface area (Å²) < 4.78 is 0. The van der Waals surface area contributed by atoms with Gasteiger partial charge in [-0.05, 0) is 43.2 Å². The maximum absolute atomic E-state index is 12.1. The Kier molecular flexibility index (Phi) is 25.8. The molecule has 2 radical (unpaired) electrons. The van der Waals surface area contributed by atoms with Gasteiger partial charge in [0.05, 0.1) is 23.5 Å². The van der Waals surface area contributed by atoms with E-state index in [4.69, 9.17) is 15.9 Å². The van der Waals surface area contributed by atoms with Crippen molar-refractivity contribution in [3.05, 3.63) is 53.6 Å². The van der Waals surface area contributed by atoms with Crippen molar-refractivity contribution in [2.24, 2.45) is 5.73 Å². The first-order valence-corrected chi connectivity index (χ1v) is 14.1. The second kappa shape index (κ2) is 24.9. The van der Waals surface area contributed by atoms with Gasteiger partial charge < -0.3 is 31.5 Å². The quantitative estimate of drug-likeness (QED) is 0.0753. The molecule has 0 saturated carbocycles. The smallest absolute Gasteiger partial charge is 0.322 e. The summed E-state index contributed by atoms with van der Waals surface area (Å²) in [5.41, 5.74) is 7.51. The van der Waals surface area contributed by atoms with Gasteiger partial charge in [-0.1, -0.05) is 68.3 Å². The first-order valence-electron chi connectivity index (χ1n) is 13.0. The predicted octanol–water partition coefficient (Wildman–Crippen LogP) is 2.74. The van der Waals surface area contributed by atoms with Crippen LogP contribution in [0, 0.1) is 0 Å². The van der Waals surface area contributed by atoms with E-state index in [1.807, 2.05) is 36.4 Å². The molecule has 0 aliphatic carbocycles. The van der Waals surface area contributed by atoms with Gasteiger partial charge in [-0.2, -0.15) is 0 Å². The Hall–Kier alpha value is -0.660. The molecule has 9 nitrogen and oxygen atoms in total. The molecular weight excluding hydrogens is 554 g/mol. The Morgan fingerprint density at radius 2 is 1.77 bits per heavy atom. The first kappa shape index (κ1) is 41.5. The number of amides is 1. The maximum atomic E-state index is 12.1. The van der Waals surface area contributed by atoms with Crippen molar-refractivity contribution in [3.8, 4) is 0 Å². The summed E-state index contributed by atoms with van der Waals surface area (Å²) in [6, 6.07) is 6.42. The molecule has 4 atom stereocenters. The van der Waals surface area contributed by atoms with Crippen molar-refractivity contribution in [1.82, 2.24) is 5.32 Å². The number of allylic oxidation sites excluding steroid dienone is 1. The summed E-state index contributed by atoms with van der Waals surface area (Å²) in [5, 5.41) is 40.6. The number of hydrogen-bond acceptors (Lipinski definition) is 7. The van der Waals surface area contributed by atoms with Crippen molar-refractivity contribution in [2.45, 2.75) is 81.8 Å². The second-order valence-corrected chi connectivity index (χ2v) is 10.3. The standard InChI is InChI=1S/C28H42N2O7S.2Na/c1-2-3-4-5-6-7-12-22(31)16-15-20-10-8-11-21(17-20)27(24(32)13-9-14-25(33)34)38-19-23(29)28(37)30-18-26(35)36;;/h6-8,10-11,15-17,22-24,27,31-32H,2-5,9,12-14,18-19,29H2,1H3,(H,30,37)(H,33,34)(H,35,36);;/t22?,23-,24?,27?;;/m0../s1. The number of carboxylic acid groups (broad SMARTS) is 2. The summed E-state index contributed by atoms with van der Waals surface area (Å²) >= 11 is 1.25. The molecule has 0 saturated heterocycles. The molecule has 0 aromatic heterocycles. The Balaban J connectivity index is 0. The predicted molar refractivity (Wildman–Crippen MR) is 162 cm³/mol. The molecule has 1 aromatic carbocycles. The number of thioether (sulfide) groups is 1. The van der Waals surface area contributed by atoms with Gasteiger partial charge in [-0.25, -0.2) is 0 Å². The molecule has 0 bridgehead atoms. The summed E-state index contributed by atoms with van der Waals surface area (Å²) in [4.78, 5) is 33.7. The van der Waals surface area contributed by atoms with Crippen LogP contribution >= 0.6 is 11.8 Å². The number of aliphatic hydroxyl groups is 2. The van der Waals surface area contributed by atoms with Gasteiger partial charge in [0.25, 0.3) is 0 Å². The van der Waals surface area contributed by atoms with E-state index < -0.39 is 47.9 Å². The first-order chi connectivity index (χ1) is 18.1. The third kappa shape index (κ3) is 19.5. The fourth-order valence-electron chi connectivity index (χ4n) is 3.63. The van der Waals surface area contributed by atoms with Crippen molar-refractivity contribution in [3.63, 3.8) is 0 Å². The zero-order chi connectivity index (χ0) is 28.3. The van der Waals surface area contributed by atoms with E-state index in [1.165, 1.54) is 24.6 Å². The SMILES string of the molecule is CCCCCC=CCC(O)C=Cc1cccc(C(SC[C@H](N)C(=O)NCC(=O)O)C(O)CCCC(=O)O)c1.[Na].[Na]. The number of aliphatic hydroxyl groups excluding tert-OH is 2. The number of hydrogen-bond donors (Lipinski definition) is 6. The molecule has 1 rings (SSSR count). The Labute approximate surface area is 286 Å². The topological polar surface area (TPSA) is 170 Å². The number of aliphatic carboxylic acids is 2. The van der Waals surface area contributed by atoms with E-state index in [1.54, 1.807) is 6.08 Å². The third-order valence-electron chi connectivity index (χ3n) is 5.71. The van der Waals surface area contributed by atoms with Crippen LogP contribution in [0.3, 0.4) is 0 Å². The van der Waals surface area contributed by atoms with Crippen LogP contribution in [0.1, 0.15) is 74.7 Å². The molecule has 1 amide bonds. The Morgan fingerprint density at radius 3 is 2.42 bits per heavy atom. The van der Waals surface area contributed by atoms with Crippen LogP contribution in [0.5, 0.6) is 0 Å². The van der Waals surface area contributed by atoms with E-state index in [9.17, 15) is 24.6 Å². The zero-order valence-electron chi connectivity index (χ0n) is 24.0. The minimum absolute atomic E-state index is 0. The summed E-state index contributed by atoms with van der Waals surface area (Å²) in [5.74, 6) is -2.61. The fourth-order valence-corrected chi connectivity index (χ4v) is 4.89. The van der Waals surface area contributed by atoms with E-state index in [-0.39, 0.29) is 84.1 Å². The van der Waals surface area contributed by atoms with Crippen LogP contribution < -0.4 is 11.1 Å². The average Bonchev–Trinajstić information content (AvgIpc) is 2.88. The van der Waals surface area contributed by atoms with Gasteiger partial charge in [0, 0.05) is 71.3 Å². The molecule has 0 aliphatic rings. The van der Waals surface area contributed by atoms with Crippen LogP contribution in [0.15, 0.2) is 42.5 Å². The molecule has 40 heavy (non-hydrogen) atoms. The summed E-state index contributed by atoms with van der Waals surface area (Å²) in [6.07, 6.45) is 11.6. The third-order valence-corrected chi connectivity index (χ3v) is 7.21. The zero-order valence-corrected chi connectivity index (χ0v) is 28.8. The molecular formula is C28H42N2Na2O7S. The van der Waals surface area contributed by atoms with Crippen LogP contribution in [-0.4, -0.2) is 128 Å². The molecule has 0 aliphatic heterocycles. The molecule has 0 heterocycles. The Bertz CT molecular complexity index is 934. The molecule has 7 N–H and O–H groups in total. The summed E-state index contributed by atoms with van der Waals surface area (Å²) in [6.45, 7) is 1.63. The molecule has 0 fully saturated rings. The summed E-state index contributed by atoms with van der Waals surface area (Å²) in [7, 11) is 0. The Morgan fingerprint density at radius 1 is 1.05 bits per heavy atom. The van der Waals surface area contributed by atoms with Gasteiger partial charge >= 0.3 is 11.9 Å². The number of carbonyl (C=O) groups is 3. The van der Waals surface area contributed by atoms with Crippen LogP contribution in [0.4, 0.5) is 0 Å². The fraction of sp³-hybridized carbons (Fsp3) is 0.536. The molecule has 214 valence electrons. The van der Waals surface area contributed by atoms with Crippen molar-refractivity contribution in [1.29, 1.82) is 0 Å². The van der Waals surface area contributed by atoms with Gasteiger partial charge in [0.2, 0.25) is 5.91 Å². The van der Waals surface area contributed by atoms with Crippen molar-refractivity contribution >= 4 is 94.8 Å². The average molecular weight is 597 g/mol. The minimum atomic E-state index is -1.18. The van der Waals surface area contributed by atoms with Crippen molar-refractivity contribution in [2.75, 3.05) is 12.3 Å². The molecule has 12 heteroatoms. The minimum Gasteiger partial charge on any atom is -0.481 e. The number of rotatable bonds is 20. The van der Waals surface area contributed by atoms with E-state index in [0.717, 1.165) is 24.0 Å². The second-order valence-electron chi connectivity index (χ2n) is 9.12. The van der Waals surface area contributed by atoms with E-state index in [0.29, 0.717) is 6.42 Å². The van der Waals surface area contributed by atoms with Crippen molar-refractivity contribution < 1.29 is 34.8 Å². The number of carbonyl (C=O) groups excluding carboxylic acids is 1. The van der Waals surface area contributed by atoms with Gasteiger partial charge in [0.1, 0.15) is 6.54 Å². The largest absolute Gasteiger partial charge is 0.481 e. The molecule has 0 spiro atoms. The number of nitrogens with one attached hydrogen (secondary N) is 1. The molecule has 1 aromatic rings. The van der Waals surface area contributed by atoms with E-state index >= 15 is 0 Å². The number of carboxylic acids is 2. The van der Waals surface area contributed by atoms with Crippen LogP contribution in [0.2, 0.25) is 0 Å². The van der Waals surface area contributed by atoms with Crippen LogP contribution in [0.25, 0.3) is 6.08 Å². The number of unbranched alkanes of at least 4 members (excludes halogenated alkanes) is 3. The van der Waals surface area contributed by atoms with E-state index in [2.05, 4.69) is 18.3 Å². The van der Waals surface area contributed by atoms with Gasteiger partial charge in [0.15, 0.2) is 0 Å². The maximum Gasteiger partial charge on any atom is 0.322 e. The number of benzene rings is 1. The van der Waals surface area contributed by atoms with Gasteiger partial charge in [-0.15, -0.1) is 11.8 Å². The molecule has 3 unspecified atom stereocenters.